The van der Waals surface area contributed by atoms with Gasteiger partial charge in [0.25, 0.3) is 0 Å². The van der Waals surface area contributed by atoms with Crippen LogP contribution in [0.4, 0.5) is 11.4 Å². The number of nitrogens with zero attached hydrogens (tertiary/aromatic N) is 2. The molecule has 7 heteroatoms. The standard InChI is InChI=1S/C12H13ClN2O4/c13-9-4-1-5-10(11(9)15(18)19)14-6-2-3-8(7-14)12(16)17/h1,4-5,8H,2-3,6-7H2,(H,16,17). The highest BCUT2D eigenvalue weighted by molar-refractivity contribution is 6.33. The largest absolute Gasteiger partial charge is 0.481 e. The van der Waals surface area contributed by atoms with Gasteiger partial charge >= 0.3 is 11.7 Å². The lowest BCUT2D eigenvalue weighted by molar-refractivity contribution is -0.384. The molecule has 0 aliphatic carbocycles. The molecule has 1 N–H and O–H groups in total. The van der Waals surface area contributed by atoms with E-state index in [1.54, 1.807) is 17.0 Å². The summed E-state index contributed by atoms with van der Waals surface area (Å²) >= 11 is 5.86. The van der Waals surface area contributed by atoms with E-state index >= 15 is 0 Å². The average molecular weight is 285 g/mol. The SMILES string of the molecule is O=C(O)C1CCCN(c2cccc(Cl)c2[N+](=O)[O-])C1. The normalized spacial score (nSPS) is 19.2. The molecule has 19 heavy (non-hydrogen) atoms. The molecule has 6 nitrogen and oxygen atoms in total. The van der Waals surface area contributed by atoms with Crippen LogP contribution in [0.1, 0.15) is 12.8 Å². The van der Waals surface area contributed by atoms with E-state index in [2.05, 4.69) is 0 Å². The number of hydrogen-bond acceptors (Lipinski definition) is 4. The fraction of sp³-hybridized carbons (Fsp3) is 0.417. The van der Waals surface area contributed by atoms with E-state index in [-0.39, 0.29) is 17.3 Å². The second-order valence-corrected chi connectivity index (χ2v) is 4.90. The van der Waals surface area contributed by atoms with E-state index in [4.69, 9.17) is 16.7 Å². The van der Waals surface area contributed by atoms with Crippen LogP contribution in [0.3, 0.4) is 0 Å². The number of carboxylic acid groups (broad SMARTS) is 1. The van der Waals surface area contributed by atoms with Gasteiger partial charge in [0.1, 0.15) is 10.7 Å². The number of nitro benzene ring substituents is 1. The van der Waals surface area contributed by atoms with Crippen LogP contribution >= 0.6 is 11.6 Å². The van der Waals surface area contributed by atoms with E-state index < -0.39 is 16.8 Å². The van der Waals surface area contributed by atoms with Crippen LogP contribution < -0.4 is 4.90 Å². The Balaban J connectivity index is 2.34. The van der Waals surface area contributed by atoms with Gasteiger partial charge < -0.3 is 10.0 Å². The summed E-state index contributed by atoms with van der Waals surface area (Å²) in [4.78, 5) is 23.3. The van der Waals surface area contributed by atoms with Crippen molar-refractivity contribution in [3.63, 3.8) is 0 Å². The Kier molecular flexibility index (Phi) is 3.90. The summed E-state index contributed by atoms with van der Waals surface area (Å²) in [5, 5.41) is 20.2. The summed E-state index contributed by atoms with van der Waals surface area (Å²) in [6.45, 7) is 0.876. The lowest BCUT2D eigenvalue weighted by Gasteiger charge is -2.32. The first-order valence-corrected chi connectivity index (χ1v) is 6.29. The smallest absolute Gasteiger partial charge is 0.310 e. The number of halogens is 1. The second-order valence-electron chi connectivity index (χ2n) is 4.49. The molecule has 1 aromatic rings. The molecular formula is C12H13ClN2O4. The van der Waals surface area contributed by atoms with Gasteiger partial charge in [-0.2, -0.15) is 0 Å². The van der Waals surface area contributed by atoms with Crippen LogP contribution in [-0.2, 0) is 4.79 Å². The number of carbonyl (C=O) groups is 1. The van der Waals surface area contributed by atoms with Gasteiger partial charge in [0.05, 0.1) is 10.8 Å². The molecular weight excluding hydrogens is 272 g/mol. The first-order valence-electron chi connectivity index (χ1n) is 5.91. The number of rotatable bonds is 3. The van der Waals surface area contributed by atoms with Crippen molar-refractivity contribution < 1.29 is 14.8 Å². The first kappa shape index (κ1) is 13.6. The van der Waals surface area contributed by atoms with Crippen molar-refractivity contribution in [1.82, 2.24) is 0 Å². The van der Waals surface area contributed by atoms with Gasteiger partial charge in [0, 0.05) is 13.1 Å². The molecule has 0 saturated carbocycles. The van der Waals surface area contributed by atoms with E-state index in [0.29, 0.717) is 25.1 Å². The first-order chi connectivity index (χ1) is 9.00. The maximum Gasteiger partial charge on any atom is 0.310 e. The molecule has 102 valence electrons. The third kappa shape index (κ3) is 2.78. The fourth-order valence-corrected chi connectivity index (χ4v) is 2.58. The molecule has 1 fully saturated rings. The fourth-order valence-electron chi connectivity index (χ4n) is 2.34. The summed E-state index contributed by atoms with van der Waals surface area (Å²) in [5.74, 6) is -1.36. The molecule has 0 bridgehead atoms. The molecule has 0 aromatic heterocycles. The number of aliphatic carboxylic acids is 1. The zero-order valence-corrected chi connectivity index (χ0v) is 10.8. The molecule has 2 rings (SSSR count). The third-order valence-corrected chi connectivity index (χ3v) is 3.56. The van der Waals surface area contributed by atoms with E-state index in [1.807, 2.05) is 0 Å². The van der Waals surface area contributed by atoms with Crippen molar-refractivity contribution >= 4 is 28.9 Å². The molecule has 1 atom stereocenters. The summed E-state index contributed by atoms with van der Waals surface area (Å²) in [6.07, 6.45) is 1.29. The zero-order valence-electron chi connectivity index (χ0n) is 10.1. The van der Waals surface area contributed by atoms with Crippen molar-refractivity contribution in [3.05, 3.63) is 33.3 Å². The van der Waals surface area contributed by atoms with Crippen LogP contribution in [0.5, 0.6) is 0 Å². The number of piperidine rings is 1. The van der Waals surface area contributed by atoms with Gasteiger partial charge in [-0.05, 0) is 25.0 Å². The van der Waals surface area contributed by atoms with Crippen LogP contribution in [0.25, 0.3) is 0 Å². The highest BCUT2D eigenvalue weighted by atomic mass is 35.5. The number of carboxylic acids is 1. The van der Waals surface area contributed by atoms with Crippen LogP contribution in [0, 0.1) is 16.0 Å². The van der Waals surface area contributed by atoms with Crippen LogP contribution in [0.2, 0.25) is 5.02 Å². The minimum Gasteiger partial charge on any atom is -0.481 e. The number of hydrogen-bond donors (Lipinski definition) is 1. The molecule has 1 saturated heterocycles. The Morgan fingerprint density at radius 1 is 1.53 bits per heavy atom. The minimum atomic E-state index is -0.866. The Bertz CT molecular complexity index is 520. The van der Waals surface area contributed by atoms with Crippen molar-refractivity contribution in [2.24, 2.45) is 5.92 Å². The topological polar surface area (TPSA) is 83.7 Å². The highest BCUT2D eigenvalue weighted by Gasteiger charge is 2.30. The predicted molar refractivity (Wildman–Crippen MR) is 70.7 cm³/mol. The maximum absolute atomic E-state index is 11.1. The van der Waals surface area contributed by atoms with Crippen LogP contribution in [-0.4, -0.2) is 29.1 Å². The summed E-state index contributed by atoms with van der Waals surface area (Å²) in [7, 11) is 0. The van der Waals surface area contributed by atoms with E-state index in [0.717, 1.165) is 0 Å². The molecule has 1 heterocycles. The van der Waals surface area contributed by atoms with Crippen molar-refractivity contribution in [2.45, 2.75) is 12.8 Å². The zero-order chi connectivity index (χ0) is 14.0. The molecule has 0 radical (unpaired) electrons. The van der Waals surface area contributed by atoms with Gasteiger partial charge in [0.15, 0.2) is 0 Å². The highest BCUT2D eigenvalue weighted by Crippen LogP contribution is 2.36. The Morgan fingerprint density at radius 3 is 2.89 bits per heavy atom. The Hall–Kier alpha value is -1.82. The summed E-state index contributed by atoms with van der Waals surface area (Å²) in [5.41, 5.74) is 0.235. The number of para-hydroxylation sites is 1. The van der Waals surface area contributed by atoms with Gasteiger partial charge in [-0.1, -0.05) is 17.7 Å². The minimum absolute atomic E-state index is 0.0694. The van der Waals surface area contributed by atoms with Gasteiger partial charge in [-0.25, -0.2) is 0 Å². The Labute approximate surface area is 114 Å². The number of anilines is 1. The molecule has 1 unspecified atom stereocenters. The molecule has 1 aliphatic rings. The van der Waals surface area contributed by atoms with Gasteiger partial charge in [0.2, 0.25) is 0 Å². The van der Waals surface area contributed by atoms with E-state index in [9.17, 15) is 14.9 Å². The monoisotopic (exact) mass is 284 g/mol. The molecule has 0 amide bonds. The maximum atomic E-state index is 11.1. The van der Waals surface area contributed by atoms with Crippen LogP contribution in [0.15, 0.2) is 18.2 Å². The summed E-state index contributed by atoms with van der Waals surface area (Å²) < 4.78 is 0. The number of nitro groups is 1. The second kappa shape index (κ2) is 5.44. The van der Waals surface area contributed by atoms with Crippen molar-refractivity contribution in [1.29, 1.82) is 0 Å². The molecule has 0 spiro atoms. The molecule has 1 aliphatic heterocycles. The van der Waals surface area contributed by atoms with E-state index in [1.165, 1.54) is 6.07 Å². The quantitative estimate of drug-likeness (QED) is 0.681. The van der Waals surface area contributed by atoms with Gasteiger partial charge in [-0.15, -0.1) is 0 Å². The third-order valence-electron chi connectivity index (χ3n) is 3.26. The lowest BCUT2D eigenvalue weighted by Crippen LogP contribution is -2.39. The predicted octanol–water partition coefficient (Wildman–Crippen LogP) is 2.55. The number of benzene rings is 1. The lowest BCUT2D eigenvalue weighted by atomic mass is 9.97. The Morgan fingerprint density at radius 2 is 2.26 bits per heavy atom. The van der Waals surface area contributed by atoms with Crippen molar-refractivity contribution in [3.8, 4) is 0 Å². The molecule has 1 aromatic carbocycles. The van der Waals surface area contributed by atoms with Crippen molar-refractivity contribution in [2.75, 3.05) is 18.0 Å². The van der Waals surface area contributed by atoms with Gasteiger partial charge in [-0.3, -0.25) is 14.9 Å². The average Bonchev–Trinajstić information content (AvgIpc) is 2.38. The summed E-state index contributed by atoms with van der Waals surface area (Å²) in [6, 6.07) is 4.70.